The summed E-state index contributed by atoms with van der Waals surface area (Å²) in [6, 6.07) is 2.27. The van der Waals surface area contributed by atoms with Gasteiger partial charge in [-0.1, -0.05) is 0 Å². The predicted molar refractivity (Wildman–Crippen MR) is 72.7 cm³/mol. The average Bonchev–Trinajstić information content (AvgIpc) is 2.64. The maximum atomic E-state index is 12.5. The molecule has 2 rings (SSSR count). The van der Waals surface area contributed by atoms with Gasteiger partial charge in [0.1, 0.15) is 0 Å². The van der Waals surface area contributed by atoms with Gasteiger partial charge in [-0.3, -0.25) is 4.79 Å². The maximum Gasteiger partial charge on any atom is 0.255 e. The molecule has 1 aromatic rings. The molecule has 0 aliphatic carbocycles. The monoisotopic (exact) mass is 249 g/mol. The summed E-state index contributed by atoms with van der Waals surface area (Å²) in [5.41, 5.74) is 8.96. The zero-order valence-corrected chi connectivity index (χ0v) is 11.6. The number of likely N-dealkylation sites (tertiary alicyclic amines) is 1. The van der Waals surface area contributed by atoms with Gasteiger partial charge in [0.05, 0.1) is 5.56 Å². The summed E-state index contributed by atoms with van der Waals surface area (Å²) in [6.45, 7) is 8.67. The molecule has 100 valence electrons. The smallest absolute Gasteiger partial charge is 0.255 e. The summed E-state index contributed by atoms with van der Waals surface area (Å²) in [5, 5.41) is 0. The molecule has 0 aromatic carbocycles. The van der Waals surface area contributed by atoms with E-state index in [0.717, 1.165) is 49.4 Å². The van der Waals surface area contributed by atoms with Gasteiger partial charge in [-0.15, -0.1) is 0 Å². The highest BCUT2D eigenvalue weighted by molar-refractivity contribution is 5.95. The van der Waals surface area contributed by atoms with Crippen molar-refractivity contribution in [2.24, 2.45) is 5.73 Å². The zero-order chi connectivity index (χ0) is 13.3. The summed E-state index contributed by atoms with van der Waals surface area (Å²) in [7, 11) is 0. The van der Waals surface area contributed by atoms with Crippen molar-refractivity contribution < 1.29 is 4.79 Å². The van der Waals surface area contributed by atoms with Crippen molar-refractivity contribution >= 4 is 5.91 Å². The lowest BCUT2D eigenvalue weighted by Gasteiger charge is -2.30. The molecular formula is C14H23N3O. The maximum absolute atomic E-state index is 12.5. The van der Waals surface area contributed by atoms with E-state index in [9.17, 15) is 4.79 Å². The molecule has 1 saturated heterocycles. The van der Waals surface area contributed by atoms with Crippen molar-refractivity contribution in [3.05, 3.63) is 23.0 Å². The molecule has 18 heavy (non-hydrogen) atoms. The Morgan fingerprint density at radius 2 is 2.00 bits per heavy atom. The van der Waals surface area contributed by atoms with Crippen LogP contribution in [0.2, 0.25) is 0 Å². The highest BCUT2D eigenvalue weighted by atomic mass is 16.2. The van der Waals surface area contributed by atoms with Crippen LogP contribution in [0.25, 0.3) is 0 Å². The Morgan fingerprint density at radius 3 is 2.50 bits per heavy atom. The lowest BCUT2D eigenvalue weighted by Crippen LogP contribution is -2.42. The van der Waals surface area contributed by atoms with Crippen LogP contribution in [-0.2, 0) is 6.54 Å². The second kappa shape index (κ2) is 5.14. The number of amides is 1. The minimum Gasteiger partial charge on any atom is -0.349 e. The molecule has 2 heterocycles. The van der Waals surface area contributed by atoms with Crippen molar-refractivity contribution in [1.29, 1.82) is 0 Å². The Morgan fingerprint density at radius 1 is 1.39 bits per heavy atom. The molecule has 0 saturated carbocycles. The van der Waals surface area contributed by atoms with Crippen LogP contribution in [-0.4, -0.2) is 34.5 Å². The van der Waals surface area contributed by atoms with E-state index in [1.807, 2.05) is 17.9 Å². The van der Waals surface area contributed by atoms with Crippen molar-refractivity contribution in [2.45, 2.75) is 46.2 Å². The Labute approximate surface area is 109 Å². The number of hydrogen-bond acceptors (Lipinski definition) is 2. The van der Waals surface area contributed by atoms with Crippen LogP contribution in [0.1, 0.15) is 41.5 Å². The first-order valence-electron chi connectivity index (χ1n) is 6.76. The van der Waals surface area contributed by atoms with Gasteiger partial charge in [0.15, 0.2) is 0 Å². The normalized spacial score (nSPS) is 17.2. The summed E-state index contributed by atoms with van der Waals surface area (Å²) in [5.74, 6) is 0.162. The molecule has 1 fully saturated rings. The van der Waals surface area contributed by atoms with Gasteiger partial charge >= 0.3 is 0 Å². The first kappa shape index (κ1) is 13.1. The molecule has 0 atom stereocenters. The van der Waals surface area contributed by atoms with Gasteiger partial charge in [0.25, 0.3) is 5.91 Å². The summed E-state index contributed by atoms with van der Waals surface area (Å²) in [6.07, 6.45) is 1.83. The van der Waals surface area contributed by atoms with Crippen molar-refractivity contribution in [3.63, 3.8) is 0 Å². The fourth-order valence-electron chi connectivity index (χ4n) is 2.78. The van der Waals surface area contributed by atoms with Crippen LogP contribution in [0.4, 0.5) is 0 Å². The van der Waals surface area contributed by atoms with E-state index in [1.165, 1.54) is 0 Å². The quantitative estimate of drug-likeness (QED) is 0.867. The second-order valence-corrected chi connectivity index (χ2v) is 5.16. The molecule has 2 N–H and O–H groups in total. The van der Waals surface area contributed by atoms with E-state index < -0.39 is 0 Å². The number of nitrogens with zero attached hydrogens (tertiary/aromatic N) is 2. The lowest BCUT2D eigenvalue weighted by atomic mass is 10.1. The molecule has 4 heteroatoms. The van der Waals surface area contributed by atoms with Gasteiger partial charge in [0, 0.05) is 37.1 Å². The fourth-order valence-corrected chi connectivity index (χ4v) is 2.78. The number of piperidine rings is 1. The fraction of sp³-hybridized carbons (Fsp3) is 0.643. The topological polar surface area (TPSA) is 51.3 Å². The molecule has 1 aromatic heterocycles. The SMILES string of the molecule is CCn1c(C)cc(C(=O)N2CCC(N)CC2)c1C. The number of aromatic nitrogens is 1. The van der Waals surface area contributed by atoms with Crippen LogP contribution in [0.15, 0.2) is 6.07 Å². The standard InChI is InChI=1S/C14H23N3O/c1-4-17-10(2)9-13(11(17)3)14(18)16-7-5-12(15)6-8-16/h9,12H,4-8,15H2,1-3H3. The molecule has 0 bridgehead atoms. The molecule has 1 aliphatic heterocycles. The third-order valence-electron chi connectivity index (χ3n) is 3.95. The van der Waals surface area contributed by atoms with Crippen molar-refractivity contribution in [3.8, 4) is 0 Å². The lowest BCUT2D eigenvalue weighted by molar-refractivity contribution is 0.0714. The Hall–Kier alpha value is -1.29. The van der Waals surface area contributed by atoms with Crippen molar-refractivity contribution in [1.82, 2.24) is 9.47 Å². The van der Waals surface area contributed by atoms with Crippen LogP contribution in [0.3, 0.4) is 0 Å². The van der Waals surface area contributed by atoms with Gasteiger partial charge in [-0.25, -0.2) is 0 Å². The van der Waals surface area contributed by atoms with E-state index in [-0.39, 0.29) is 11.9 Å². The van der Waals surface area contributed by atoms with Crippen LogP contribution < -0.4 is 5.73 Å². The molecule has 1 aliphatic rings. The minimum atomic E-state index is 0.162. The van der Waals surface area contributed by atoms with Crippen LogP contribution in [0, 0.1) is 13.8 Å². The number of carbonyl (C=O) groups is 1. The van der Waals surface area contributed by atoms with Gasteiger partial charge < -0.3 is 15.2 Å². The minimum absolute atomic E-state index is 0.162. The summed E-state index contributed by atoms with van der Waals surface area (Å²) >= 11 is 0. The van der Waals surface area contributed by atoms with Crippen LogP contribution >= 0.6 is 0 Å². The van der Waals surface area contributed by atoms with Gasteiger partial charge in [-0.2, -0.15) is 0 Å². The molecule has 0 radical (unpaired) electrons. The molecule has 1 amide bonds. The highest BCUT2D eigenvalue weighted by Crippen LogP contribution is 2.19. The first-order valence-corrected chi connectivity index (χ1v) is 6.76. The van der Waals surface area contributed by atoms with E-state index in [1.54, 1.807) is 0 Å². The first-order chi connectivity index (χ1) is 8.54. The Kier molecular flexibility index (Phi) is 3.76. The van der Waals surface area contributed by atoms with Crippen molar-refractivity contribution in [2.75, 3.05) is 13.1 Å². The average molecular weight is 249 g/mol. The van der Waals surface area contributed by atoms with Crippen LogP contribution in [0.5, 0.6) is 0 Å². The number of aryl methyl sites for hydroxylation is 1. The molecule has 4 nitrogen and oxygen atoms in total. The van der Waals surface area contributed by atoms with Gasteiger partial charge in [-0.05, 0) is 39.7 Å². The zero-order valence-electron chi connectivity index (χ0n) is 11.6. The molecule has 0 spiro atoms. The van der Waals surface area contributed by atoms with E-state index in [0.29, 0.717) is 0 Å². The summed E-state index contributed by atoms with van der Waals surface area (Å²) in [4.78, 5) is 14.4. The van der Waals surface area contributed by atoms with E-state index >= 15 is 0 Å². The Balaban J connectivity index is 2.19. The molecular weight excluding hydrogens is 226 g/mol. The number of hydrogen-bond donors (Lipinski definition) is 1. The van der Waals surface area contributed by atoms with E-state index in [2.05, 4.69) is 18.4 Å². The largest absolute Gasteiger partial charge is 0.349 e. The number of rotatable bonds is 2. The van der Waals surface area contributed by atoms with Gasteiger partial charge in [0.2, 0.25) is 0 Å². The van der Waals surface area contributed by atoms with E-state index in [4.69, 9.17) is 5.73 Å². The third kappa shape index (κ3) is 2.29. The second-order valence-electron chi connectivity index (χ2n) is 5.16. The highest BCUT2D eigenvalue weighted by Gasteiger charge is 2.24. The number of nitrogens with two attached hydrogens (primary N) is 1. The summed E-state index contributed by atoms with van der Waals surface area (Å²) < 4.78 is 2.18. The third-order valence-corrected chi connectivity index (χ3v) is 3.95. The molecule has 0 unspecified atom stereocenters. The number of carbonyl (C=O) groups excluding carboxylic acids is 1. The Bertz CT molecular complexity index is 442. The predicted octanol–water partition coefficient (Wildman–Crippen LogP) is 1.69.